The van der Waals surface area contributed by atoms with Gasteiger partial charge in [-0.1, -0.05) is 25.9 Å². The van der Waals surface area contributed by atoms with Crippen LogP contribution in [0, 0.1) is 5.41 Å². The maximum atomic E-state index is 8.71. The normalized spacial score (nSPS) is 23.2. The molecular weight excluding hydrogens is 214 g/mol. The highest BCUT2D eigenvalue weighted by Crippen LogP contribution is 2.25. The molecule has 0 aliphatic carbocycles. The van der Waals surface area contributed by atoms with Crippen LogP contribution in [0.2, 0.25) is 0 Å². The lowest BCUT2D eigenvalue weighted by atomic mass is 9.86. The zero-order chi connectivity index (χ0) is 12.9. The maximum Gasteiger partial charge on any atom is 0.144 e. The van der Waals surface area contributed by atoms with Gasteiger partial charge in [0.2, 0.25) is 0 Å². The van der Waals surface area contributed by atoms with Gasteiger partial charge in [-0.15, -0.1) is 0 Å². The van der Waals surface area contributed by atoms with Crippen molar-refractivity contribution < 1.29 is 5.21 Å². The van der Waals surface area contributed by atoms with Crippen molar-refractivity contribution in [2.45, 2.75) is 58.9 Å². The van der Waals surface area contributed by atoms with Gasteiger partial charge in [0.05, 0.1) is 0 Å². The minimum absolute atomic E-state index is 0.198. The van der Waals surface area contributed by atoms with Gasteiger partial charge in [0.25, 0.3) is 0 Å². The van der Waals surface area contributed by atoms with Gasteiger partial charge in [-0.2, -0.15) is 0 Å². The van der Waals surface area contributed by atoms with E-state index in [0.29, 0.717) is 5.84 Å². The minimum atomic E-state index is -0.198. The molecule has 0 saturated carbocycles. The molecule has 4 heteroatoms. The number of oxime groups is 1. The Labute approximate surface area is 105 Å². The van der Waals surface area contributed by atoms with Gasteiger partial charge in [-0.25, -0.2) is 0 Å². The van der Waals surface area contributed by atoms with E-state index in [1.807, 2.05) is 13.8 Å². The summed E-state index contributed by atoms with van der Waals surface area (Å²) in [6, 6.07) is 0.780. The smallest absolute Gasteiger partial charge is 0.144 e. The summed E-state index contributed by atoms with van der Waals surface area (Å²) in [6.45, 7) is 8.71. The third-order valence-corrected chi connectivity index (χ3v) is 4.02. The fourth-order valence-electron chi connectivity index (χ4n) is 2.64. The molecular formula is C13H27N3O. The largest absolute Gasteiger partial charge is 0.409 e. The molecule has 0 amide bonds. The predicted octanol–water partition coefficient (Wildman–Crippen LogP) is 2.41. The first-order valence-corrected chi connectivity index (χ1v) is 6.73. The Hall–Kier alpha value is -0.770. The SMILES string of the molecule is CCC1CCCN1CCCC(C)(C)C(N)=NO. The Morgan fingerprint density at radius 3 is 2.82 bits per heavy atom. The van der Waals surface area contributed by atoms with Crippen LogP contribution in [0.5, 0.6) is 0 Å². The highest BCUT2D eigenvalue weighted by atomic mass is 16.4. The van der Waals surface area contributed by atoms with E-state index in [-0.39, 0.29) is 5.41 Å². The second kappa shape index (κ2) is 6.24. The molecule has 3 N–H and O–H groups in total. The van der Waals surface area contributed by atoms with Crippen molar-refractivity contribution in [2.75, 3.05) is 13.1 Å². The molecule has 1 unspecified atom stereocenters. The number of nitrogens with zero attached hydrogens (tertiary/aromatic N) is 2. The number of amidine groups is 1. The van der Waals surface area contributed by atoms with Gasteiger partial charge in [-0.3, -0.25) is 0 Å². The highest BCUT2D eigenvalue weighted by molar-refractivity contribution is 5.85. The van der Waals surface area contributed by atoms with Crippen molar-refractivity contribution in [2.24, 2.45) is 16.3 Å². The second-order valence-electron chi connectivity index (χ2n) is 5.71. The number of nitrogens with two attached hydrogens (primary N) is 1. The zero-order valence-corrected chi connectivity index (χ0v) is 11.4. The average molecular weight is 241 g/mol. The number of likely N-dealkylation sites (tertiary alicyclic amines) is 1. The molecule has 0 aromatic heterocycles. The Kier molecular flexibility index (Phi) is 5.25. The fourth-order valence-corrected chi connectivity index (χ4v) is 2.64. The van der Waals surface area contributed by atoms with Crippen LogP contribution in [0.25, 0.3) is 0 Å². The molecule has 0 radical (unpaired) electrons. The zero-order valence-electron chi connectivity index (χ0n) is 11.4. The van der Waals surface area contributed by atoms with Gasteiger partial charge in [0, 0.05) is 11.5 Å². The molecule has 0 aromatic carbocycles. The molecule has 1 rings (SSSR count). The van der Waals surface area contributed by atoms with Crippen molar-refractivity contribution in [1.82, 2.24) is 4.90 Å². The molecule has 1 heterocycles. The lowest BCUT2D eigenvalue weighted by Gasteiger charge is -2.27. The van der Waals surface area contributed by atoms with Gasteiger partial charge in [0.15, 0.2) is 0 Å². The van der Waals surface area contributed by atoms with E-state index >= 15 is 0 Å². The number of hydrogen-bond acceptors (Lipinski definition) is 3. The van der Waals surface area contributed by atoms with E-state index < -0.39 is 0 Å². The van der Waals surface area contributed by atoms with Crippen LogP contribution in [0.15, 0.2) is 5.16 Å². The molecule has 0 aromatic rings. The second-order valence-corrected chi connectivity index (χ2v) is 5.71. The molecule has 100 valence electrons. The summed E-state index contributed by atoms with van der Waals surface area (Å²) in [6.07, 6.45) is 6.02. The molecule has 17 heavy (non-hydrogen) atoms. The van der Waals surface area contributed by atoms with E-state index in [2.05, 4.69) is 17.0 Å². The minimum Gasteiger partial charge on any atom is -0.409 e. The summed E-state index contributed by atoms with van der Waals surface area (Å²) in [5.74, 6) is 0.339. The van der Waals surface area contributed by atoms with Gasteiger partial charge in [0.1, 0.15) is 5.84 Å². The summed E-state index contributed by atoms with van der Waals surface area (Å²) in [4.78, 5) is 2.59. The first kappa shape index (κ1) is 14.3. The van der Waals surface area contributed by atoms with Crippen LogP contribution in [-0.2, 0) is 0 Å². The van der Waals surface area contributed by atoms with Crippen LogP contribution < -0.4 is 5.73 Å². The number of hydrogen-bond donors (Lipinski definition) is 2. The van der Waals surface area contributed by atoms with Crippen molar-refractivity contribution >= 4 is 5.84 Å². The summed E-state index contributed by atoms with van der Waals surface area (Å²) in [5, 5.41) is 11.8. The van der Waals surface area contributed by atoms with E-state index in [4.69, 9.17) is 10.9 Å². The average Bonchev–Trinajstić information content (AvgIpc) is 2.75. The molecule has 0 bridgehead atoms. The van der Waals surface area contributed by atoms with Crippen LogP contribution in [0.4, 0.5) is 0 Å². The summed E-state index contributed by atoms with van der Waals surface area (Å²) in [7, 11) is 0. The molecule has 1 atom stereocenters. The van der Waals surface area contributed by atoms with Gasteiger partial charge < -0.3 is 15.8 Å². The van der Waals surface area contributed by atoms with Crippen LogP contribution in [0.1, 0.15) is 52.9 Å². The highest BCUT2D eigenvalue weighted by Gasteiger charge is 2.26. The van der Waals surface area contributed by atoms with Crippen molar-refractivity contribution in [3.05, 3.63) is 0 Å². The molecule has 1 aliphatic rings. The Balaban J connectivity index is 2.32. The first-order valence-electron chi connectivity index (χ1n) is 6.73. The lowest BCUT2D eigenvalue weighted by molar-refractivity contribution is 0.233. The maximum absolute atomic E-state index is 8.71. The third kappa shape index (κ3) is 3.87. The first-order chi connectivity index (χ1) is 8.01. The monoisotopic (exact) mass is 241 g/mol. The third-order valence-electron chi connectivity index (χ3n) is 4.02. The van der Waals surface area contributed by atoms with E-state index in [0.717, 1.165) is 25.4 Å². The Morgan fingerprint density at radius 2 is 2.24 bits per heavy atom. The van der Waals surface area contributed by atoms with Crippen molar-refractivity contribution in [3.8, 4) is 0 Å². The molecule has 1 fully saturated rings. The summed E-state index contributed by atoms with van der Waals surface area (Å²) in [5.41, 5.74) is 5.49. The van der Waals surface area contributed by atoms with Crippen LogP contribution in [-0.4, -0.2) is 35.1 Å². The molecule has 0 spiro atoms. The molecule has 4 nitrogen and oxygen atoms in total. The number of rotatable bonds is 6. The lowest BCUT2D eigenvalue weighted by Crippen LogP contribution is -2.34. The predicted molar refractivity (Wildman–Crippen MR) is 71.3 cm³/mol. The molecule has 1 saturated heterocycles. The van der Waals surface area contributed by atoms with Gasteiger partial charge in [-0.05, 0) is 45.2 Å². The Bertz CT molecular complexity index is 263. The van der Waals surface area contributed by atoms with Crippen molar-refractivity contribution in [1.29, 1.82) is 0 Å². The summed E-state index contributed by atoms with van der Waals surface area (Å²) < 4.78 is 0. The molecule has 1 aliphatic heterocycles. The van der Waals surface area contributed by atoms with Crippen LogP contribution >= 0.6 is 0 Å². The summed E-state index contributed by atoms with van der Waals surface area (Å²) >= 11 is 0. The van der Waals surface area contributed by atoms with E-state index in [1.54, 1.807) is 0 Å². The topological polar surface area (TPSA) is 61.8 Å². The fraction of sp³-hybridized carbons (Fsp3) is 0.923. The Morgan fingerprint density at radius 1 is 1.53 bits per heavy atom. The van der Waals surface area contributed by atoms with E-state index in [9.17, 15) is 0 Å². The van der Waals surface area contributed by atoms with Crippen LogP contribution in [0.3, 0.4) is 0 Å². The van der Waals surface area contributed by atoms with Crippen molar-refractivity contribution in [3.63, 3.8) is 0 Å². The van der Waals surface area contributed by atoms with E-state index in [1.165, 1.54) is 25.8 Å². The van der Waals surface area contributed by atoms with Gasteiger partial charge >= 0.3 is 0 Å². The quantitative estimate of drug-likeness (QED) is 0.325. The standard InChI is InChI=1S/C13H27N3O/c1-4-11-7-5-9-16(11)10-6-8-13(2,3)12(14)15-17/h11,17H,4-10H2,1-3H3,(H2,14,15).